The number of piperidine rings is 1. The summed E-state index contributed by atoms with van der Waals surface area (Å²) < 4.78 is 0. The van der Waals surface area contributed by atoms with Crippen molar-refractivity contribution < 1.29 is 5.11 Å². The van der Waals surface area contributed by atoms with Crippen LogP contribution in [0, 0.1) is 11.8 Å². The second-order valence-electron chi connectivity index (χ2n) is 5.69. The SMILES string of the molecule is NC(C1CC1)C(CO)N1CC2CCC1C2. The molecule has 86 valence electrons. The summed E-state index contributed by atoms with van der Waals surface area (Å²) in [6, 6.07) is 1.19. The molecule has 2 bridgehead atoms. The van der Waals surface area contributed by atoms with E-state index in [1.165, 1.54) is 38.6 Å². The number of nitrogens with two attached hydrogens (primary N) is 1. The van der Waals surface area contributed by atoms with Crippen molar-refractivity contribution in [3.63, 3.8) is 0 Å². The van der Waals surface area contributed by atoms with Crippen LogP contribution in [0.1, 0.15) is 32.1 Å². The summed E-state index contributed by atoms with van der Waals surface area (Å²) in [6.07, 6.45) is 6.64. The summed E-state index contributed by atoms with van der Waals surface area (Å²) in [5, 5.41) is 9.54. The smallest absolute Gasteiger partial charge is 0.0602 e. The molecule has 1 saturated heterocycles. The highest BCUT2D eigenvalue weighted by atomic mass is 16.3. The third-order valence-corrected chi connectivity index (χ3v) is 4.68. The Balaban J connectivity index is 1.67. The summed E-state index contributed by atoms with van der Waals surface area (Å²) in [5.74, 6) is 1.59. The van der Waals surface area contributed by atoms with E-state index in [1.54, 1.807) is 0 Å². The quantitative estimate of drug-likeness (QED) is 0.713. The fraction of sp³-hybridized carbons (Fsp3) is 1.00. The zero-order valence-electron chi connectivity index (χ0n) is 9.31. The maximum atomic E-state index is 9.54. The predicted octanol–water partition coefficient (Wildman–Crippen LogP) is 0.569. The number of hydrogen-bond acceptors (Lipinski definition) is 3. The molecule has 4 unspecified atom stereocenters. The van der Waals surface area contributed by atoms with Gasteiger partial charge in [0.15, 0.2) is 0 Å². The van der Waals surface area contributed by atoms with Gasteiger partial charge >= 0.3 is 0 Å². The molecule has 3 heteroatoms. The second kappa shape index (κ2) is 3.72. The molecule has 1 aliphatic heterocycles. The van der Waals surface area contributed by atoms with Gasteiger partial charge in [-0.15, -0.1) is 0 Å². The van der Waals surface area contributed by atoms with Crippen LogP contribution in [0.4, 0.5) is 0 Å². The minimum atomic E-state index is 0.217. The Morgan fingerprint density at radius 1 is 1.27 bits per heavy atom. The van der Waals surface area contributed by atoms with Gasteiger partial charge in [-0.2, -0.15) is 0 Å². The molecule has 2 aliphatic carbocycles. The van der Waals surface area contributed by atoms with E-state index in [9.17, 15) is 5.11 Å². The molecule has 0 amide bonds. The van der Waals surface area contributed by atoms with Crippen molar-refractivity contribution in [1.82, 2.24) is 4.90 Å². The number of fused-ring (bicyclic) bond motifs is 2. The molecule has 0 aromatic carbocycles. The van der Waals surface area contributed by atoms with Gasteiger partial charge in [-0.05, 0) is 43.9 Å². The van der Waals surface area contributed by atoms with Crippen molar-refractivity contribution in [3.05, 3.63) is 0 Å². The first-order chi connectivity index (χ1) is 7.29. The molecule has 15 heavy (non-hydrogen) atoms. The minimum Gasteiger partial charge on any atom is -0.395 e. The summed E-state index contributed by atoms with van der Waals surface area (Å²) >= 11 is 0. The standard InChI is InChI=1S/C12H22N2O/c13-12(9-2-3-9)11(7-15)14-6-8-1-4-10(14)5-8/h8-12,15H,1-7,13H2. The van der Waals surface area contributed by atoms with E-state index < -0.39 is 0 Å². The van der Waals surface area contributed by atoms with Crippen LogP contribution in [0.25, 0.3) is 0 Å². The highest BCUT2D eigenvalue weighted by molar-refractivity contribution is 5.00. The monoisotopic (exact) mass is 210 g/mol. The highest BCUT2D eigenvalue weighted by Gasteiger charge is 2.45. The lowest BCUT2D eigenvalue weighted by Gasteiger charge is -2.37. The van der Waals surface area contributed by atoms with Gasteiger partial charge in [0.25, 0.3) is 0 Å². The molecule has 0 spiro atoms. The maximum Gasteiger partial charge on any atom is 0.0602 e. The topological polar surface area (TPSA) is 49.5 Å². The molecule has 3 aliphatic rings. The second-order valence-corrected chi connectivity index (χ2v) is 5.69. The zero-order chi connectivity index (χ0) is 10.4. The molecule has 3 N–H and O–H groups in total. The van der Waals surface area contributed by atoms with Crippen LogP contribution < -0.4 is 5.73 Å². The third-order valence-electron chi connectivity index (χ3n) is 4.68. The van der Waals surface area contributed by atoms with Crippen LogP contribution in [-0.4, -0.2) is 41.3 Å². The first kappa shape index (κ1) is 10.1. The van der Waals surface area contributed by atoms with Crippen LogP contribution in [-0.2, 0) is 0 Å². The fourth-order valence-corrected chi connectivity index (χ4v) is 3.61. The van der Waals surface area contributed by atoms with Gasteiger partial charge in [0.05, 0.1) is 6.61 Å². The Morgan fingerprint density at radius 2 is 2.07 bits per heavy atom. The third kappa shape index (κ3) is 1.71. The van der Waals surface area contributed by atoms with Crippen LogP contribution in [0.3, 0.4) is 0 Å². The van der Waals surface area contributed by atoms with Crippen molar-refractivity contribution >= 4 is 0 Å². The predicted molar refractivity (Wildman–Crippen MR) is 59.4 cm³/mol. The molecule has 0 radical (unpaired) electrons. The van der Waals surface area contributed by atoms with Crippen LogP contribution in [0.2, 0.25) is 0 Å². The largest absolute Gasteiger partial charge is 0.395 e. The van der Waals surface area contributed by atoms with Crippen molar-refractivity contribution in [3.8, 4) is 0 Å². The average molecular weight is 210 g/mol. The van der Waals surface area contributed by atoms with Gasteiger partial charge in [-0.3, -0.25) is 4.90 Å². The Labute approximate surface area is 91.6 Å². The lowest BCUT2D eigenvalue weighted by atomic mass is 10.0. The number of aliphatic hydroxyl groups is 1. The van der Waals surface area contributed by atoms with E-state index in [0.29, 0.717) is 5.92 Å². The van der Waals surface area contributed by atoms with Crippen LogP contribution in [0.5, 0.6) is 0 Å². The molecule has 3 fully saturated rings. The van der Waals surface area contributed by atoms with Gasteiger partial charge in [-0.1, -0.05) is 0 Å². The molecule has 3 nitrogen and oxygen atoms in total. The van der Waals surface area contributed by atoms with E-state index in [2.05, 4.69) is 4.90 Å². The Bertz CT molecular complexity index is 242. The molecular weight excluding hydrogens is 188 g/mol. The van der Waals surface area contributed by atoms with Crippen molar-refractivity contribution in [2.24, 2.45) is 17.6 Å². The molecule has 4 atom stereocenters. The highest BCUT2D eigenvalue weighted by Crippen LogP contribution is 2.41. The summed E-state index contributed by atoms with van der Waals surface area (Å²) in [6.45, 7) is 1.44. The number of hydrogen-bond donors (Lipinski definition) is 2. The zero-order valence-corrected chi connectivity index (χ0v) is 9.31. The van der Waals surface area contributed by atoms with Crippen molar-refractivity contribution in [1.29, 1.82) is 0 Å². The first-order valence-corrected chi connectivity index (χ1v) is 6.41. The average Bonchev–Trinajstić information content (AvgIpc) is 2.90. The fourth-order valence-electron chi connectivity index (χ4n) is 3.61. The molecule has 2 saturated carbocycles. The lowest BCUT2D eigenvalue weighted by Crippen LogP contribution is -2.53. The Kier molecular flexibility index (Phi) is 2.49. The maximum absolute atomic E-state index is 9.54. The van der Waals surface area contributed by atoms with Crippen molar-refractivity contribution in [2.75, 3.05) is 13.2 Å². The van der Waals surface area contributed by atoms with E-state index >= 15 is 0 Å². The summed E-state index contributed by atoms with van der Waals surface area (Å²) in [4.78, 5) is 2.51. The van der Waals surface area contributed by atoms with Gasteiger partial charge < -0.3 is 10.8 Å². The Morgan fingerprint density at radius 3 is 2.53 bits per heavy atom. The number of nitrogens with zero attached hydrogens (tertiary/aromatic N) is 1. The van der Waals surface area contributed by atoms with Gasteiger partial charge in [0.1, 0.15) is 0 Å². The van der Waals surface area contributed by atoms with Gasteiger partial charge in [0.2, 0.25) is 0 Å². The summed E-state index contributed by atoms with van der Waals surface area (Å²) in [7, 11) is 0. The van der Waals surface area contributed by atoms with E-state index in [4.69, 9.17) is 5.73 Å². The van der Waals surface area contributed by atoms with Crippen LogP contribution >= 0.6 is 0 Å². The molecule has 0 aromatic heterocycles. The number of likely N-dealkylation sites (tertiary alicyclic amines) is 1. The first-order valence-electron chi connectivity index (χ1n) is 6.41. The van der Waals surface area contributed by atoms with Gasteiger partial charge in [-0.25, -0.2) is 0 Å². The van der Waals surface area contributed by atoms with E-state index in [1.807, 2.05) is 0 Å². The normalized spacial score (nSPS) is 39.6. The summed E-state index contributed by atoms with van der Waals surface area (Å²) in [5.41, 5.74) is 6.24. The van der Waals surface area contributed by atoms with E-state index in [-0.39, 0.29) is 18.7 Å². The molecular formula is C12H22N2O. The lowest BCUT2D eigenvalue weighted by molar-refractivity contribution is 0.0726. The number of rotatable bonds is 4. The van der Waals surface area contributed by atoms with E-state index in [0.717, 1.165) is 12.0 Å². The minimum absolute atomic E-state index is 0.217. The number of aliphatic hydroxyl groups excluding tert-OH is 1. The Hall–Kier alpha value is -0.120. The molecule has 3 rings (SSSR count). The molecule has 1 heterocycles. The molecule has 0 aromatic rings. The van der Waals surface area contributed by atoms with Crippen LogP contribution in [0.15, 0.2) is 0 Å². The van der Waals surface area contributed by atoms with Gasteiger partial charge in [0, 0.05) is 24.7 Å². The van der Waals surface area contributed by atoms with Crippen molar-refractivity contribution in [2.45, 2.75) is 50.2 Å².